The van der Waals surface area contributed by atoms with Crippen LogP contribution < -0.4 is 5.63 Å². The lowest BCUT2D eigenvalue weighted by Gasteiger charge is -1.97. The minimum Gasteiger partial charge on any atom is -0.423 e. The Bertz CT molecular complexity index is 518. The van der Waals surface area contributed by atoms with Gasteiger partial charge in [-0.3, -0.25) is 0 Å². The van der Waals surface area contributed by atoms with Crippen LogP contribution in [0.2, 0.25) is 5.02 Å². The molecule has 0 radical (unpaired) electrons. The normalized spacial score (nSPS) is 10.6. The summed E-state index contributed by atoms with van der Waals surface area (Å²) in [6, 6.07) is 4.92. The quantitative estimate of drug-likeness (QED) is 0.609. The van der Waals surface area contributed by atoms with Crippen molar-refractivity contribution in [3.05, 3.63) is 45.5 Å². The van der Waals surface area contributed by atoms with Crippen LogP contribution in [0.3, 0.4) is 0 Å². The molecule has 0 aliphatic carbocycles. The summed E-state index contributed by atoms with van der Waals surface area (Å²) in [6.45, 7) is 0. The van der Waals surface area contributed by atoms with Crippen LogP contribution in [-0.4, -0.2) is 0 Å². The number of benzene rings is 1. The van der Waals surface area contributed by atoms with E-state index in [1.807, 2.05) is 0 Å². The van der Waals surface area contributed by atoms with Crippen molar-refractivity contribution in [2.24, 2.45) is 0 Å². The van der Waals surface area contributed by atoms with Crippen LogP contribution in [0.25, 0.3) is 11.0 Å². The average Bonchev–Trinajstić information content (AvgIpc) is 2.06. The van der Waals surface area contributed by atoms with E-state index in [2.05, 4.69) is 0 Å². The Labute approximate surface area is 77.5 Å². The van der Waals surface area contributed by atoms with Crippen molar-refractivity contribution in [2.75, 3.05) is 0 Å². The minimum absolute atomic E-state index is 0.200. The molecule has 0 saturated heterocycles. The van der Waals surface area contributed by atoms with Gasteiger partial charge in [-0.1, -0.05) is 11.6 Å². The monoisotopic (exact) mass is 198 g/mol. The Kier molecular flexibility index (Phi) is 1.81. The van der Waals surface area contributed by atoms with Crippen LogP contribution >= 0.6 is 11.6 Å². The second-order valence-corrected chi connectivity index (χ2v) is 2.96. The van der Waals surface area contributed by atoms with Gasteiger partial charge in [0.2, 0.25) is 0 Å². The number of rotatable bonds is 0. The number of halogens is 2. The van der Waals surface area contributed by atoms with Gasteiger partial charge in [-0.2, -0.15) is 0 Å². The fourth-order valence-corrected chi connectivity index (χ4v) is 1.33. The van der Waals surface area contributed by atoms with Crippen molar-refractivity contribution in [1.82, 2.24) is 0 Å². The highest BCUT2D eigenvalue weighted by molar-refractivity contribution is 6.35. The molecule has 0 aliphatic heterocycles. The van der Waals surface area contributed by atoms with Crippen molar-refractivity contribution in [3.63, 3.8) is 0 Å². The maximum Gasteiger partial charge on any atom is 0.337 e. The van der Waals surface area contributed by atoms with Gasteiger partial charge in [-0.25, -0.2) is 9.18 Å². The van der Waals surface area contributed by atoms with Gasteiger partial charge < -0.3 is 4.42 Å². The van der Waals surface area contributed by atoms with Crippen molar-refractivity contribution < 1.29 is 8.81 Å². The van der Waals surface area contributed by atoms with Crippen molar-refractivity contribution in [3.8, 4) is 0 Å². The van der Waals surface area contributed by atoms with E-state index in [-0.39, 0.29) is 5.02 Å². The van der Waals surface area contributed by atoms with Crippen LogP contribution in [0.15, 0.2) is 33.5 Å². The van der Waals surface area contributed by atoms with Gasteiger partial charge in [0.15, 0.2) is 0 Å². The standard InChI is InChI=1S/C9H4ClFO2/c10-7-4-9(12)13-8-2-1-5(11)3-6(7)8/h1-4H. The van der Waals surface area contributed by atoms with Crippen LogP contribution in [0.4, 0.5) is 4.39 Å². The van der Waals surface area contributed by atoms with Crippen LogP contribution in [0.1, 0.15) is 0 Å². The molecular weight excluding hydrogens is 195 g/mol. The van der Waals surface area contributed by atoms with Gasteiger partial charge in [-0.15, -0.1) is 0 Å². The molecule has 1 aromatic heterocycles. The predicted molar refractivity (Wildman–Crippen MR) is 47.5 cm³/mol. The third-order valence-corrected chi connectivity index (χ3v) is 1.97. The summed E-state index contributed by atoms with van der Waals surface area (Å²) in [5.41, 5.74) is -0.247. The molecule has 0 spiro atoms. The fraction of sp³-hybridized carbons (Fsp3) is 0. The number of fused-ring (bicyclic) bond motifs is 1. The molecular formula is C9H4ClFO2. The minimum atomic E-state index is -0.538. The highest BCUT2D eigenvalue weighted by Gasteiger charge is 2.03. The maximum absolute atomic E-state index is 12.7. The summed E-state index contributed by atoms with van der Waals surface area (Å²) in [7, 11) is 0. The molecule has 0 unspecified atom stereocenters. The van der Waals surface area contributed by atoms with Crippen molar-refractivity contribution in [2.45, 2.75) is 0 Å². The Morgan fingerprint density at radius 3 is 2.85 bits per heavy atom. The lowest BCUT2D eigenvalue weighted by atomic mass is 10.2. The van der Waals surface area contributed by atoms with Gasteiger partial charge in [0.05, 0.1) is 5.02 Å². The molecule has 0 aliphatic rings. The van der Waals surface area contributed by atoms with Gasteiger partial charge in [-0.05, 0) is 18.2 Å². The van der Waals surface area contributed by atoms with Crippen LogP contribution in [0.5, 0.6) is 0 Å². The average molecular weight is 199 g/mol. The molecule has 1 aromatic carbocycles. The summed E-state index contributed by atoms with van der Waals surface area (Å²) in [5.74, 6) is -0.414. The smallest absolute Gasteiger partial charge is 0.337 e. The zero-order valence-electron chi connectivity index (χ0n) is 6.38. The van der Waals surface area contributed by atoms with Crippen LogP contribution in [0, 0.1) is 5.82 Å². The van der Waals surface area contributed by atoms with E-state index in [9.17, 15) is 9.18 Å². The summed E-state index contributed by atoms with van der Waals surface area (Å²) in [5, 5.41) is 0.604. The van der Waals surface area contributed by atoms with Crippen LogP contribution in [-0.2, 0) is 0 Å². The molecule has 2 aromatic rings. The molecule has 2 rings (SSSR count). The Morgan fingerprint density at radius 2 is 2.08 bits per heavy atom. The van der Waals surface area contributed by atoms with Crippen molar-refractivity contribution >= 4 is 22.6 Å². The number of hydrogen-bond acceptors (Lipinski definition) is 2. The number of hydrogen-bond donors (Lipinski definition) is 0. The first kappa shape index (κ1) is 8.26. The highest BCUT2D eigenvalue weighted by atomic mass is 35.5. The Morgan fingerprint density at radius 1 is 1.31 bits per heavy atom. The molecule has 0 saturated carbocycles. The molecule has 0 atom stereocenters. The third-order valence-electron chi connectivity index (χ3n) is 1.65. The van der Waals surface area contributed by atoms with Gasteiger partial charge >= 0.3 is 5.63 Å². The van der Waals surface area contributed by atoms with E-state index in [1.165, 1.54) is 18.2 Å². The van der Waals surface area contributed by atoms with E-state index in [0.717, 1.165) is 6.07 Å². The molecule has 0 fully saturated rings. The van der Waals surface area contributed by atoms with Crippen molar-refractivity contribution in [1.29, 1.82) is 0 Å². The Hall–Kier alpha value is -1.35. The van der Waals surface area contributed by atoms with Gasteiger partial charge in [0.25, 0.3) is 0 Å². The summed E-state index contributed by atoms with van der Waals surface area (Å²) < 4.78 is 17.5. The first-order valence-corrected chi connectivity index (χ1v) is 3.93. The first-order valence-electron chi connectivity index (χ1n) is 3.56. The summed E-state index contributed by atoms with van der Waals surface area (Å²) in [4.78, 5) is 10.8. The topological polar surface area (TPSA) is 30.2 Å². The second kappa shape index (κ2) is 2.85. The van der Waals surface area contributed by atoms with E-state index >= 15 is 0 Å². The fourth-order valence-electron chi connectivity index (χ4n) is 1.10. The molecule has 66 valence electrons. The summed E-state index contributed by atoms with van der Waals surface area (Å²) in [6.07, 6.45) is 0. The Balaban J connectivity index is 2.95. The highest BCUT2D eigenvalue weighted by Crippen LogP contribution is 2.21. The van der Waals surface area contributed by atoms with Gasteiger partial charge in [0.1, 0.15) is 11.4 Å². The largest absolute Gasteiger partial charge is 0.423 e. The molecule has 13 heavy (non-hydrogen) atoms. The summed E-state index contributed by atoms with van der Waals surface area (Å²) >= 11 is 5.71. The molecule has 0 N–H and O–H groups in total. The van der Waals surface area contributed by atoms with E-state index in [0.29, 0.717) is 11.0 Å². The van der Waals surface area contributed by atoms with E-state index in [1.54, 1.807) is 0 Å². The molecule has 4 heteroatoms. The lowest BCUT2D eigenvalue weighted by Crippen LogP contribution is -1.95. The zero-order chi connectivity index (χ0) is 9.42. The van der Waals surface area contributed by atoms with E-state index in [4.69, 9.17) is 16.0 Å². The predicted octanol–water partition coefficient (Wildman–Crippen LogP) is 2.59. The van der Waals surface area contributed by atoms with E-state index < -0.39 is 11.4 Å². The maximum atomic E-state index is 12.7. The van der Waals surface area contributed by atoms with Gasteiger partial charge in [0, 0.05) is 11.5 Å². The SMILES string of the molecule is O=c1cc(Cl)c2cc(F)ccc2o1. The molecule has 0 bridgehead atoms. The third kappa shape index (κ3) is 1.42. The second-order valence-electron chi connectivity index (χ2n) is 2.55. The lowest BCUT2D eigenvalue weighted by molar-refractivity contribution is 0.558. The molecule has 1 heterocycles. The molecule has 2 nitrogen and oxygen atoms in total. The first-order chi connectivity index (χ1) is 6.16. The molecule has 0 amide bonds. The zero-order valence-corrected chi connectivity index (χ0v) is 7.14.